The van der Waals surface area contributed by atoms with Crippen LogP contribution in [0.2, 0.25) is 0 Å². The third-order valence-electron chi connectivity index (χ3n) is 3.02. The van der Waals surface area contributed by atoms with Crippen LogP contribution in [0.5, 0.6) is 0 Å². The lowest BCUT2D eigenvalue weighted by Crippen LogP contribution is -2.11. The second-order valence-corrected chi connectivity index (χ2v) is 5.41. The molecule has 0 aliphatic rings. The van der Waals surface area contributed by atoms with Gasteiger partial charge in [-0.1, -0.05) is 11.3 Å². The number of imidazole rings is 1. The quantitative estimate of drug-likeness (QED) is 0.586. The predicted octanol–water partition coefficient (Wildman–Crippen LogP) is 3.23. The number of nitro groups is 1. The molecule has 0 bridgehead atoms. The van der Waals surface area contributed by atoms with Crippen molar-refractivity contribution in [3.8, 4) is 5.69 Å². The molecule has 116 valence electrons. The summed E-state index contributed by atoms with van der Waals surface area (Å²) in [5.41, 5.74) is 0.706. The van der Waals surface area contributed by atoms with Gasteiger partial charge in [0.1, 0.15) is 5.82 Å². The zero-order chi connectivity index (χ0) is 16.4. The number of rotatable bonds is 4. The number of aromatic nitrogens is 2. The summed E-state index contributed by atoms with van der Waals surface area (Å²) in [4.78, 5) is 25.9. The number of nitrogens with one attached hydrogen (secondary N) is 1. The van der Waals surface area contributed by atoms with E-state index in [9.17, 15) is 19.3 Å². The number of carbonyl (C=O) groups excluding carboxylic acids is 1. The van der Waals surface area contributed by atoms with Gasteiger partial charge in [-0.3, -0.25) is 14.9 Å². The zero-order valence-electron chi connectivity index (χ0n) is 11.5. The molecule has 7 nitrogen and oxygen atoms in total. The highest BCUT2D eigenvalue weighted by Crippen LogP contribution is 2.24. The molecule has 0 radical (unpaired) electrons. The van der Waals surface area contributed by atoms with Gasteiger partial charge in [0.25, 0.3) is 5.91 Å². The Balaban J connectivity index is 1.78. The molecule has 9 heteroatoms. The number of hydrogen-bond donors (Lipinski definition) is 1. The summed E-state index contributed by atoms with van der Waals surface area (Å²) in [5.74, 6) is -1.07. The average Bonchev–Trinajstić information content (AvgIpc) is 3.19. The number of benzene rings is 1. The Morgan fingerprint density at radius 1 is 1.39 bits per heavy atom. The van der Waals surface area contributed by atoms with Crippen molar-refractivity contribution < 1.29 is 14.1 Å². The van der Waals surface area contributed by atoms with Crippen molar-refractivity contribution in [2.75, 3.05) is 5.32 Å². The van der Waals surface area contributed by atoms with Crippen molar-refractivity contribution in [2.45, 2.75) is 0 Å². The molecule has 0 unspecified atom stereocenters. The van der Waals surface area contributed by atoms with Crippen molar-refractivity contribution in [3.05, 3.63) is 69.9 Å². The van der Waals surface area contributed by atoms with Crippen LogP contribution in [0.4, 0.5) is 15.1 Å². The molecular weight excluding hydrogens is 323 g/mol. The van der Waals surface area contributed by atoms with Crippen LogP contribution in [0.1, 0.15) is 10.4 Å². The molecular formula is C14H9FN4O3S. The Morgan fingerprint density at radius 3 is 2.83 bits per heavy atom. The van der Waals surface area contributed by atoms with Gasteiger partial charge in [0.05, 0.1) is 22.5 Å². The number of nitrogens with zero attached hydrogens (tertiary/aromatic N) is 3. The van der Waals surface area contributed by atoms with Crippen molar-refractivity contribution in [3.63, 3.8) is 0 Å². The summed E-state index contributed by atoms with van der Waals surface area (Å²) in [5, 5.41) is 14.4. The molecule has 3 rings (SSSR count). The maximum absolute atomic E-state index is 14.1. The molecule has 1 aromatic carbocycles. The molecule has 0 aliphatic carbocycles. The highest BCUT2D eigenvalue weighted by molar-refractivity contribution is 7.13. The smallest absolute Gasteiger partial charge is 0.322 e. The monoisotopic (exact) mass is 332 g/mol. The van der Waals surface area contributed by atoms with Crippen LogP contribution in [-0.2, 0) is 0 Å². The third-order valence-corrected chi connectivity index (χ3v) is 3.90. The first-order chi connectivity index (χ1) is 11.0. The lowest BCUT2D eigenvalue weighted by molar-refractivity contribution is -0.380. The molecule has 2 aromatic heterocycles. The fourth-order valence-corrected chi connectivity index (χ4v) is 2.64. The van der Waals surface area contributed by atoms with Gasteiger partial charge in [0, 0.05) is 29.5 Å². The van der Waals surface area contributed by atoms with Gasteiger partial charge in [-0.05, 0) is 18.2 Å². The van der Waals surface area contributed by atoms with Gasteiger partial charge < -0.3 is 9.88 Å². The van der Waals surface area contributed by atoms with Crippen LogP contribution in [0.15, 0.2) is 48.4 Å². The molecule has 0 aliphatic heterocycles. The normalized spacial score (nSPS) is 10.5. The second kappa shape index (κ2) is 5.97. The first kappa shape index (κ1) is 14.9. The molecule has 1 amide bonds. The van der Waals surface area contributed by atoms with Gasteiger partial charge in [0.15, 0.2) is 0 Å². The summed E-state index contributed by atoms with van der Waals surface area (Å²) >= 11 is 0.856. The summed E-state index contributed by atoms with van der Waals surface area (Å²) in [6, 6.07) is 5.39. The van der Waals surface area contributed by atoms with Crippen molar-refractivity contribution in [2.24, 2.45) is 0 Å². The SMILES string of the molecule is O=C(Nc1ccc(-n2ccnc2)c(F)c1)c1csc([N+](=O)[O-])c1. The molecule has 1 N–H and O–H groups in total. The molecule has 0 spiro atoms. The van der Waals surface area contributed by atoms with E-state index in [0.717, 1.165) is 11.3 Å². The van der Waals surface area contributed by atoms with Crippen LogP contribution in [0.25, 0.3) is 5.69 Å². The van der Waals surface area contributed by atoms with Gasteiger partial charge in [-0.2, -0.15) is 0 Å². The van der Waals surface area contributed by atoms with E-state index < -0.39 is 16.6 Å². The fourth-order valence-electron chi connectivity index (χ4n) is 1.94. The zero-order valence-corrected chi connectivity index (χ0v) is 12.3. The van der Waals surface area contributed by atoms with Gasteiger partial charge in [0.2, 0.25) is 0 Å². The first-order valence-corrected chi connectivity index (χ1v) is 7.25. The number of halogens is 1. The van der Waals surface area contributed by atoms with E-state index in [1.807, 2.05) is 0 Å². The van der Waals surface area contributed by atoms with Crippen LogP contribution in [0, 0.1) is 15.9 Å². The van der Waals surface area contributed by atoms with Gasteiger partial charge >= 0.3 is 5.00 Å². The number of anilines is 1. The summed E-state index contributed by atoms with van der Waals surface area (Å²) in [7, 11) is 0. The van der Waals surface area contributed by atoms with Crippen molar-refractivity contribution in [1.29, 1.82) is 0 Å². The molecule has 2 heterocycles. The number of thiophene rings is 1. The standard InChI is InChI=1S/C14H9FN4O3S/c15-11-6-10(1-2-12(11)18-4-3-16-8-18)17-14(20)9-5-13(19(21)22)23-7-9/h1-8H,(H,17,20). The molecule has 0 atom stereocenters. The molecule has 3 aromatic rings. The lowest BCUT2D eigenvalue weighted by atomic mass is 10.2. The highest BCUT2D eigenvalue weighted by Gasteiger charge is 2.15. The van der Waals surface area contributed by atoms with E-state index >= 15 is 0 Å². The van der Waals surface area contributed by atoms with Crippen molar-refractivity contribution in [1.82, 2.24) is 9.55 Å². The van der Waals surface area contributed by atoms with Gasteiger partial charge in [-0.25, -0.2) is 9.37 Å². The van der Waals surface area contributed by atoms with E-state index in [-0.39, 0.29) is 16.3 Å². The molecule has 0 saturated heterocycles. The summed E-state index contributed by atoms with van der Waals surface area (Å²) in [6.45, 7) is 0. The Bertz CT molecular complexity index is 876. The van der Waals surface area contributed by atoms with Crippen LogP contribution >= 0.6 is 11.3 Å². The van der Waals surface area contributed by atoms with Crippen LogP contribution in [-0.4, -0.2) is 20.4 Å². The summed E-state index contributed by atoms with van der Waals surface area (Å²) < 4.78 is 15.6. The maximum Gasteiger partial charge on any atom is 0.324 e. The third kappa shape index (κ3) is 3.09. The largest absolute Gasteiger partial charge is 0.324 e. The Labute approximate surface area is 133 Å². The van der Waals surface area contributed by atoms with Gasteiger partial charge in [-0.15, -0.1) is 0 Å². The highest BCUT2D eigenvalue weighted by atomic mass is 32.1. The maximum atomic E-state index is 14.1. The van der Waals surface area contributed by atoms with E-state index in [4.69, 9.17) is 0 Å². The average molecular weight is 332 g/mol. The predicted molar refractivity (Wildman–Crippen MR) is 82.4 cm³/mol. The number of amides is 1. The minimum Gasteiger partial charge on any atom is -0.322 e. The van der Waals surface area contributed by atoms with Crippen LogP contribution in [0.3, 0.4) is 0 Å². The Morgan fingerprint density at radius 2 is 2.22 bits per heavy atom. The molecule has 0 saturated carbocycles. The van der Waals surface area contributed by atoms with Crippen molar-refractivity contribution >= 4 is 27.9 Å². The lowest BCUT2D eigenvalue weighted by Gasteiger charge is -2.07. The first-order valence-electron chi connectivity index (χ1n) is 6.37. The number of carbonyl (C=O) groups is 1. The molecule has 23 heavy (non-hydrogen) atoms. The Hall–Kier alpha value is -3.07. The van der Waals surface area contributed by atoms with Crippen LogP contribution < -0.4 is 5.32 Å². The topological polar surface area (TPSA) is 90.1 Å². The van der Waals surface area contributed by atoms with E-state index in [1.165, 1.54) is 46.7 Å². The number of hydrogen-bond acceptors (Lipinski definition) is 5. The minimum atomic E-state index is -0.568. The van der Waals surface area contributed by atoms with E-state index in [1.54, 1.807) is 6.20 Å². The Kier molecular flexibility index (Phi) is 3.85. The summed E-state index contributed by atoms with van der Waals surface area (Å²) in [6.07, 6.45) is 4.58. The molecule has 0 fully saturated rings. The van der Waals surface area contributed by atoms with E-state index in [0.29, 0.717) is 5.69 Å². The minimum absolute atomic E-state index is 0.128. The van der Waals surface area contributed by atoms with E-state index in [2.05, 4.69) is 10.3 Å². The fraction of sp³-hybridized carbons (Fsp3) is 0. The second-order valence-electron chi connectivity index (χ2n) is 4.52.